The van der Waals surface area contributed by atoms with Crippen LogP contribution in [0.1, 0.15) is 27.2 Å². The second kappa shape index (κ2) is 5.54. The van der Waals surface area contributed by atoms with Crippen LogP contribution in [-0.4, -0.2) is 49.1 Å². The fourth-order valence-corrected chi connectivity index (χ4v) is 2.02. The summed E-state index contributed by atoms with van der Waals surface area (Å²) in [5.41, 5.74) is -0.124. The lowest BCUT2D eigenvalue weighted by Crippen LogP contribution is -2.62. The van der Waals surface area contributed by atoms with Crippen LogP contribution >= 0.6 is 0 Å². The molecule has 1 aliphatic rings. The monoisotopic (exact) mass is 254 g/mol. The summed E-state index contributed by atoms with van der Waals surface area (Å²) in [4.78, 5) is 2.06. The van der Waals surface area contributed by atoms with E-state index in [1.165, 1.54) is 0 Å². The van der Waals surface area contributed by atoms with Crippen molar-refractivity contribution in [2.24, 2.45) is 0 Å². The van der Waals surface area contributed by atoms with E-state index in [0.717, 1.165) is 19.5 Å². The summed E-state index contributed by atoms with van der Waals surface area (Å²) in [5, 5.41) is 3.39. The summed E-state index contributed by atoms with van der Waals surface area (Å²) in [5.74, 6) is 0. The van der Waals surface area contributed by atoms with Crippen molar-refractivity contribution in [1.29, 1.82) is 0 Å². The number of ether oxygens (including phenoxy) is 1. The number of halogens is 3. The Morgan fingerprint density at radius 1 is 1.41 bits per heavy atom. The molecule has 1 heterocycles. The predicted octanol–water partition coefficient (Wildman–Crippen LogP) is 1.99. The summed E-state index contributed by atoms with van der Waals surface area (Å²) in [6.45, 7) is 7.69. The molecule has 0 spiro atoms. The van der Waals surface area contributed by atoms with E-state index in [9.17, 15) is 13.2 Å². The quantitative estimate of drug-likeness (QED) is 0.830. The fraction of sp³-hybridized carbons (Fsp3) is 1.00. The highest BCUT2D eigenvalue weighted by Gasteiger charge is 2.34. The van der Waals surface area contributed by atoms with Crippen LogP contribution < -0.4 is 5.32 Å². The van der Waals surface area contributed by atoms with E-state index in [2.05, 4.69) is 21.9 Å². The Labute approximate surface area is 100 Å². The minimum atomic E-state index is -4.53. The molecule has 1 rings (SSSR count). The molecule has 1 N–H and O–H groups in total. The molecule has 0 aliphatic carbocycles. The molecule has 0 bridgehead atoms. The Morgan fingerprint density at radius 2 is 2.06 bits per heavy atom. The van der Waals surface area contributed by atoms with Gasteiger partial charge in [-0.15, -0.1) is 13.2 Å². The lowest BCUT2D eigenvalue weighted by atomic mass is 9.96. The summed E-state index contributed by atoms with van der Waals surface area (Å²) in [6, 6.07) is 0.355. The van der Waals surface area contributed by atoms with E-state index >= 15 is 0 Å². The minimum Gasteiger partial charge on any atom is -0.311 e. The first-order valence-corrected chi connectivity index (χ1v) is 5.94. The minimum absolute atomic E-state index is 0.124. The third-order valence-corrected chi connectivity index (χ3v) is 3.24. The molecule has 0 aromatic rings. The maximum atomic E-state index is 11.9. The van der Waals surface area contributed by atoms with Crippen molar-refractivity contribution in [3.05, 3.63) is 0 Å². The maximum absolute atomic E-state index is 11.9. The standard InChI is InChI=1S/C11H21F3N2O/c1-4-9-7-16(10(2,3)8-15-9)5-6-17-11(12,13)14/h9,15H,4-8H2,1-3H3. The van der Waals surface area contributed by atoms with E-state index in [0.29, 0.717) is 12.6 Å². The lowest BCUT2D eigenvalue weighted by molar-refractivity contribution is -0.325. The molecule has 1 atom stereocenters. The number of nitrogens with one attached hydrogen (secondary N) is 1. The number of hydrogen-bond acceptors (Lipinski definition) is 3. The molecule has 0 amide bonds. The third kappa shape index (κ3) is 4.81. The molecule has 0 aromatic carbocycles. The van der Waals surface area contributed by atoms with E-state index in [4.69, 9.17) is 0 Å². The highest BCUT2D eigenvalue weighted by atomic mass is 19.4. The van der Waals surface area contributed by atoms with Crippen LogP contribution in [0.25, 0.3) is 0 Å². The first kappa shape index (κ1) is 14.7. The van der Waals surface area contributed by atoms with Crippen LogP contribution in [0.3, 0.4) is 0 Å². The fourth-order valence-electron chi connectivity index (χ4n) is 2.02. The second-order valence-corrected chi connectivity index (χ2v) is 5.04. The average Bonchev–Trinajstić information content (AvgIpc) is 2.18. The van der Waals surface area contributed by atoms with E-state index in [1.807, 2.05) is 13.8 Å². The van der Waals surface area contributed by atoms with Gasteiger partial charge in [-0.1, -0.05) is 6.92 Å². The molecule has 0 aromatic heterocycles. The van der Waals surface area contributed by atoms with Gasteiger partial charge in [-0.3, -0.25) is 9.64 Å². The Morgan fingerprint density at radius 3 is 2.59 bits per heavy atom. The van der Waals surface area contributed by atoms with Crippen molar-refractivity contribution in [2.75, 3.05) is 26.2 Å². The molecule has 1 saturated heterocycles. The number of piperazine rings is 1. The van der Waals surface area contributed by atoms with Crippen LogP contribution in [-0.2, 0) is 4.74 Å². The molecule has 3 nitrogen and oxygen atoms in total. The van der Waals surface area contributed by atoms with Gasteiger partial charge in [0.15, 0.2) is 0 Å². The van der Waals surface area contributed by atoms with Crippen LogP contribution in [0.4, 0.5) is 13.2 Å². The number of alkyl halides is 3. The summed E-state index contributed by atoms with van der Waals surface area (Å²) >= 11 is 0. The van der Waals surface area contributed by atoms with Gasteiger partial charge in [-0.25, -0.2) is 0 Å². The zero-order chi connectivity index (χ0) is 13.1. The summed E-state index contributed by atoms with van der Waals surface area (Å²) in [6.07, 6.45) is -3.55. The van der Waals surface area contributed by atoms with Crippen LogP contribution in [0, 0.1) is 0 Å². The van der Waals surface area contributed by atoms with Crippen molar-refractivity contribution >= 4 is 0 Å². The number of rotatable bonds is 4. The first-order chi connectivity index (χ1) is 7.74. The van der Waals surface area contributed by atoms with E-state index in [1.54, 1.807) is 0 Å². The van der Waals surface area contributed by atoms with Crippen molar-refractivity contribution in [3.8, 4) is 0 Å². The average molecular weight is 254 g/mol. The van der Waals surface area contributed by atoms with Crippen LogP contribution in [0.15, 0.2) is 0 Å². The zero-order valence-electron chi connectivity index (χ0n) is 10.6. The Bertz CT molecular complexity index is 243. The topological polar surface area (TPSA) is 24.5 Å². The van der Waals surface area contributed by atoms with Gasteiger partial charge >= 0.3 is 6.36 Å². The van der Waals surface area contributed by atoms with Gasteiger partial charge in [0.25, 0.3) is 0 Å². The summed E-state index contributed by atoms with van der Waals surface area (Å²) < 4.78 is 39.5. The predicted molar refractivity (Wildman–Crippen MR) is 59.7 cm³/mol. The Kier molecular flexibility index (Phi) is 4.80. The number of hydrogen-bond donors (Lipinski definition) is 1. The largest absolute Gasteiger partial charge is 0.522 e. The number of nitrogens with zero attached hydrogens (tertiary/aromatic N) is 1. The van der Waals surface area contributed by atoms with Gasteiger partial charge in [-0.05, 0) is 20.3 Å². The zero-order valence-corrected chi connectivity index (χ0v) is 10.6. The lowest BCUT2D eigenvalue weighted by Gasteiger charge is -2.46. The van der Waals surface area contributed by atoms with Gasteiger partial charge in [0.2, 0.25) is 0 Å². The maximum Gasteiger partial charge on any atom is 0.522 e. The Hall–Kier alpha value is -0.330. The van der Waals surface area contributed by atoms with Crippen molar-refractivity contribution in [1.82, 2.24) is 10.2 Å². The molecule has 17 heavy (non-hydrogen) atoms. The van der Waals surface area contributed by atoms with E-state index < -0.39 is 6.36 Å². The molecule has 1 unspecified atom stereocenters. The van der Waals surface area contributed by atoms with Gasteiger partial charge in [-0.2, -0.15) is 0 Å². The van der Waals surface area contributed by atoms with Crippen molar-refractivity contribution in [2.45, 2.75) is 45.1 Å². The smallest absolute Gasteiger partial charge is 0.311 e. The van der Waals surface area contributed by atoms with Gasteiger partial charge in [0.1, 0.15) is 0 Å². The van der Waals surface area contributed by atoms with Crippen LogP contribution in [0.2, 0.25) is 0 Å². The highest BCUT2D eigenvalue weighted by molar-refractivity contribution is 4.92. The highest BCUT2D eigenvalue weighted by Crippen LogP contribution is 2.21. The van der Waals surface area contributed by atoms with Crippen LogP contribution in [0.5, 0.6) is 0 Å². The molecular weight excluding hydrogens is 233 g/mol. The van der Waals surface area contributed by atoms with Crippen molar-refractivity contribution in [3.63, 3.8) is 0 Å². The second-order valence-electron chi connectivity index (χ2n) is 5.04. The Balaban J connectivity index is 2.43. The van der Waals surface area contributed by atoms with Crippen molar-refractivity contribution < 1.29 is 17.9 Å². The first-order valence-electron chi connectivity index (χ1n) is 5.94. The van der Waals surface area contributed by atoms with Gasteiger partial charge in [0, 0.05) is 31.2 Å². The van der Waals surface area contributed by atoms with Gasteiger partial charge < -0.3 is 5.32 Å². The molecule has 0 radical (unpaired) electrons. The molecule has 6 heteroatoms. The third-order valence-electron chi connectivity index (χ3n) is 3.24. The SMILES string of the molecule is CCC1CN(CCOC(F)(F)F)C(C)(C)CN1. The molecule has 1 fully saturated rings. The summed E-state index contributed by atoms with van der Waals surface area (Å²) in [7, 11) is 0. The van der Waals surface area contributed by atoms with E-state index in [-0.39, 0.29) is 12.1 Å². The molecule has 102 valence electrons. The molecule has 0 saturated carbocycles. The molecule has 1 aliphatic heterocycles. The van der Waals surface area contributed by atoms with Gasteiger partial charge in [0.05, 0.1) is 6.61 Å². The normalized spacial score (nSPS) is 26.1. The molecular formula is C11H21F3N2O.